The van der Waals surface area contributed by atoms with Crippen molar-refractivity contribution in [1.29, 1.82) is 0 Å². The topological polar surface area (TPSA) is 55.8 Å². The molecule has 5 nitrogen and oxygen atoms in total. The number of hydrogen-bond acceptors (Lipinski definition) is 4. The molecule has 0 unspecified atom stereocenters. The van der Waals surface area contributed by atoms with E-state index in [0.717, 1.165) is 24.0 Å². The fourth-order valence-electron chi connectivity index (χ4n) is 4.10. The zero-order chi connectivity index (χ0) is 22.6. The molecule has 3 rings (SSSR count). The molecule has 31 heavy (non-hydrogen) atoms. The van der Waals surface area contributed by atoms with Gasteiger partial charge in [0.05, 0.1) is 12.0 Å². The van der Waals surface area contributed by atoms with Crippen LogP contribution in [0.3, 0.4) is 0 Å². The molecule has 1 aliphatic heterocycles. The SMILES string of the molecule is CCC[C@H](O[Si](C)(C)C)[C@@H](C)C(=O)N1C(=O)O[C@@H](c2ccccc2)[C@H]1c1ccccc1. The van der Waals surface area contributed by atoms with Crippen LogP contribution in [0.4, 0.5) is 4.79 Å². The number of benzene rings is 2. The van der Waals surface area contributed by atoms with Crippen molar-refractivity contribution in [2.45, 2.75) is 64.6 Å². The summed E-state index contributed by atoms with van der Waals surface area (Å²) >= 11 is 0. The van der Waals surface area contributed by atoms with E-state index in [-0.39, 0.29) is 12.0 Å². The van der Waals surface area contributed by atoms with Crippen LogP contribution in [0.1, 0.15) is 50.0 Å². The molecule has 2 aromatic carbocycles. The van der Waals surface area contributed by atoms with Crippen LogP contribution < -0.4 is 0 Å². The van der Waals surface area contributed by atoms with Crippen LogP contribution in [0, 0.1) is 5.92 Å². The lowest BCUT2D eigenvalue weighted by molar-refractivity contribution is -0.136. The average Bonchev–Trinajstić information content (AvgIpc) is 3.10. The lowest BCUT2D eigenvalue weighted by Gasteiger charge is -2.33. The van der Waals surface area contributed by atoms with E-state index < -0.39 is 32.5 Å². The van der Waals surface area contributed by atoms with Gasteiger partial charge in [-0.15, -0.1) is 0 Å². The molecule has 0 radical (unpaired) electrons. The maximum absolute atomic E-state index is 13.7. The molecule has 0 aromatic heterocycles. The first kappa shape index (κ1) is 23.2. The van der Waals surface area contributed by atoms with Crippen molar-refractivity contribution >= 4 is 20.3 Å². The summed E-state index contributed by atoms with van der Waals surface area (Å²) < 4.78 is 12.1. The Kier molecular flexibility index (Phi) is 7.33. The minimum absolute atomic E-state index is 0.218. The molecule has 0 bridgehead atoms. The third-order valence-electron chi connectivity index (χ3n) is 5.52. The Balaban J connectivity index is 1.96. The number of rotatable bonds is 8. The maximum Gasteiger partial charge on any atom is 0.417 e. The lowest BCUT2D eigenvalue weighted by Crippen LogP contribution is -2.45. The summed E-state index contributed by atoms with van der Waals surface area (Å²) in [7, 11) is -1.86. The second-order valence-electron chi connectivity index (χ2n) is 9.12. The Hall–Kier alpha value is -2.44. The fraction of sp³-hybridized carbons (Fsp3) is 0.440. The van der Waals surface area contributed by atoms with Crippen LogP contribution >= 0.6 is 0 Å². The summed E-state index contributed by atoms with van der Waals surface area (Å²) in [6.45, 7) is 10.3. The van der Waals surface area contributed by atoms with Gasteiger partial charge in [0.2, 0.25) is 5.91 Å². The van der Waals surface area contributed by atoms with E-state index in [9.17, 15) is 9.59 Å². The number of carbonyl (C=O) groups is 2. The summed E-state index contributed by atoms with van der Waals surface area (Å²) in [4.78, 5) is 28.0. The van der Waals surface area contributed by atoms with E-state index in [0.29, 0.717) is 0 Å². The molecule has 1 heterocycles. The van der Waals surface area contributed by atoms with E-state index >= 15 is 0 Å². The summed E-state index contributed by atoms with van der Waals surface area (Å²) in [5.74, 6) is -0.686. The molecule has 1 fully saturated rings. The number of imide groups is 1. The van der Waals surface area contributed by atoms with Crippen LogP contribution in [0.2, 0.25) is 19.6 Å². The Bertz CT molecular complexity index is 881. The van der Waals surface area contributed by atoms with E-state index in [1.165, 1.54) is 4.90 Å². The summed E-state index contributed by atoms with van der Waals surface area (Å²) in [6.07, 6.45) is 0.325. The smallest absolute Gasteiger partial charge is 0.417 e. The minimum Gasteiger partial charge on any atom is -0.438 e. The quantitative estimate of drug-likeness (QED) is 0.466. The third-order valence-corrected chi connectivity index (χ3v) is 6.53. The molecule has 1 saturated heterocycles. The molecule has 2 aromatic rings. The van der Waals surface area contributed by atoms with Crippen molar-refractivity contribution in [3.63, 3.8) is 0 Å². The number of ether oxygens (including phenoxy) is 1. The second-order valence-corrected chi connectivity index (χ2v) is 13.6. The maximum atomic E-state index is 13.7. The molecule has 6 heteroatoms. The van der Waals surface area contributed by atoms with Gasteiger partial charge in [-0.2, -0.15) is 0 Å². The fourth-order valence-corrected chi connectivity index (χ4v) is 5.33. The highest BCUT2D eigenvalue weighted by atomic mass is 28.4. The van der Waals surface area contributed by atoms with Crippen molar-refractivity contribution in [1.82, 2.24) is 4.90 Å². The molecular formula is C25H33NO4Si. The largest absolute Gasteiger partial charge is 0.438 e. The Labute approximate surface area is 186 Å². The molecule has 166 valence electrons. The Morgan fingerprint density at radius 3 is 2.10 bits per heavy atom. The highest BCUT2D eigenvalue weighted by Crippen LogP contribution is 2.44. The van der Waals surface area contributed by atoms with Crippen molar-refractivity contribution in [2.75, 3.05) is 0 Å². The van der Waals surface area contributed by atoms with Gasteiger partial charge in [0.15, 0.2) is 14.4 Å². The van der Waals surface area contributed by atoms with Crippen LogP contribution in [0.25, 0.3) is 0 Å². The molecule has 0 aliphatic carbocycles. The number of cyclic esters (lactones) is 1. The lowest BCUT2D eigenvalue weighted by atomic mass is 9.93. The third kappa shape index (κ3) is 5.43. The number of hydrogen-bond donors (Lipinski definition) is 0. The van der Waals surface area contributed by atoms with Gasteiger partial charge < -0.3 is 9.16 Å². The number of nitrogens with zero attached hydrogens (tertiary/aromatic N) is 1. The van der Waals surface area contributed by atoms with Gasteiger partial charge in [-0.05, 0) is 37.2 Å². The van der Waals surface area contributed by atoms with E-state index in [1.54, 1.807) is 0 Å². The predicted molar refractivity (Wildman–Crippen MR) is 124 cm³/mol. The normalized spacial score (nSPS) is 20.9. The van der Waals surface area contributed by atoms with Crippen LogP contribution in [0.5, 0.6) is 0 Å². The van der Waals surface area contributed by atoms with Gasteiger partial charge >= 0.3 is 6.09 Å². The van der Waals surface area contributed by atoms with Crippen LogP contribution in [-0.2, 0) is 14.0 Å². The predicted octanol–water partition coefficient (Wildman–Crippen LogP) is 6.10. The number of carbonyl (C=O) groups excluding carboxylic acids is 2. The van der Waals surface area contributed by atoms with Crippen molar-refractivity contribution in [3.05, 3.63) is 71.8 Å². The van der Waals surface area contributed by atoms with Crippen molar-refractivity contribution in [3.8, 4) is 0 Å². The first-order chi connectivity index (χ1) is 14.7. The van der Waals surface area contributed by atoms with E-state index in [4.69, 9.17) is 9.16 Å². The highest BCUT2D eigenvalue weighted by molar-refractivity contribution is 6.69. The van der Waals surface area contributed by atoms with E-state index in [2.05, 4.69) is 26.6 Å². The van der Waals surface area contributed by atoms with Crippen LogP contribution in [0.15, 0.2) is 60.7 Å². The van der Waals surface area contributed by atoms with Crippen molar-refractivity contribution in [2.24, 2.45) is 5.92 Å². The molecule has 0 saturated carbocycles. The van der Waals surface area contributed by atoms with Gasteiger partial charge in [0, 0.05) is 0 Å². The van der Waals surface area contributed by atoms with Gasteiger partial charge in [-0.3, -0.25) is 4.79 Å². The molecule has 1 aliphatic rings. The van der Waals surface area contributed by atoms with Gasteiger partial charge in [-0.1, -0.05) is 80.9 Å². The number of amides is 2. The summed E-state index contributed by atoms with van der Waals surface area (Å²) in [5.41, 5.74) is 1.75. The zero-order valence-corrected chi connectivity index (χ0v) is 20.1. The van der Waals surface area contributed by atoms with E-state index in [1.807, 2.05) is 67.6 Å². The minimum atomic E-state index is -1.86. The Morgan fingerprint density at radius 1 is 1.03 bits per heavy atom. The second kappa shape index (κ2) is 9.79. The van der Waals surface area contributed by atoms with Crippen molar-refractivity contribution < 1.29 is 18.8 Å². The summed E-state index contributed by atoms with van der Waals surface area (Å²) in [6, 6.07) is 18.7. The molecular weight excluding hydrogens is 406 g/mol. The van der Waals surface area contributed by atoms with Gasteiger partial charge in [-0.25, -0.2) is 9.69 Å². The molecule has 0 spiro atoms. The highest BCUT2D eigenvalue weighted by Gasteiger charge is 2.49. The zero-order valence-electron chi connectivity index (χ0n) is 19.1. The monoisotopic (exact) mass is 439 g/mol. The first-order valence-corrected chi connectivity index (χ1v) is 14.4. The molecule has 0 N–H and O–H groups in total. The van der Waals surface area contributed by atoms with Crippen LogP contribution in [-0.4, -0.2) is 31.3 Å². The molecule has 2 amide bonds. The average molecular weight is 440 g/mol. The standard InChI is InChI=1S/C25H33NO4Si/c1-6-13-21(30-31(3,4)5)18(2)24(27)26-22(19-14-9-7-10-15-19)23(29-25(26)28)20-16-11-8-12-17-20/h7-12,14-18,21-23H,6,13H2,1-5H3/t18-,21+,22-,23+/m1/s1. The Morgan fingerprint density at radius 2 is 1.58 bits per heavy atom. The van der Waals surface area contributed by atoms with Gasteiger partial charge in [0.25, 0.3) is 0 Å². The van der Waals surface area contributed by atoms with Gasteiger partial charge in [0.1, 0.15) is 6.04 Å². The first-order valence-electron chi connectivity index (χ1n) is 11.0. The molecule has 4 atom stereocenters. The summed E-state index contributed by atoms with van der Waals surface area (Å²) in [5, 5.41) is 0.